The molecule has 3 nitrogen and oxygen atoms in total. The molecule has 1 aromatic carbocycles. The Morgan fingerprint density at radius 2 is 1.90 bits per heavy atom. The molecule has 21 heavy (non-hydrogen) atoms. The normalized spacial score (nSPS) is 15.1. The number of nitrogens with two attached hydrogens (primary N) is 1. The topological polar surface area (TPSA) is 50.9 Å². The highest BCUT2D eigenvalue weighted by atomic mass is 15.2. The van der Waals surface area contributed by atoms with Gasteiger partial charge in [0.1, 0.15) is 0 Å². The Morgan fingerprint density at radius 1 is 1.19 bits per heavy atom. The lowest BCUT2D eigenvalue weighted by Crippen LogP contribution is -2.30. The Labute approximate surface area is 127 Å². The first kappa shape index (κ1) is 15.9. The van der Waals surface area contributed by atoms with Crippen LogP contribution in [0.5, 0.6) is 0 Å². The second-order valence-electron chi connectivity index (χ2n) is 7.27. The fourth-order valence-electron chi connectivity index (χ4n) is 3.23. The summed E-state index contributed by atoms with van der Waals surface area (Å²) in [6.07, 6.45) is 6.05. The summed E-state index contributed by atoms with van der Waals surface area (Å²) in [6.45, 7) is 9.16. The molecule has 114 valence electrons. The van der Waals surface area contributed by atoms with Crippen molar-refractivity contribution in [3.63, 3.8) is 0 Å². The van der Waals surface area contributed by atoms with Gasteiger partial charge in [0.2, 0.25) is 0 Å². The summed E-state index contributed by atoms with van der Waals surface area (Å²) in [5.41, 5.74) is 4.52. The molecular formula is C18H27N3. The minimum atomic E-state index is 0.140. The molecule has 0 aliphatic heterocycles. The highest BCUT2D eigenvalue weighted by Crippen LogP contribution is 2.32. The first-order valence-electron chi connectivity index (χ1n) is 7.69. The second kappa shape index (κ2) is 6.54. The van der Waals surface area contributed by atoms with Gasteiger partial charge in [0.05, 0.1) is 0 Å². The van der Waals surface area contributed by atoms with Crippen LogP contribution in [0, 0.1) is 11.3 Å². The van der Waals surface area contributed by atoms with Gasteiger partial charge in [0, 0.05) is 23.8 Å². The van der Waals surface area contributed by atoms with Crippen LogP contribution in [0.15, 0.2) is 36.7 Å². The van der Waals surface area contributed by atoms with Crippen LogP contribution in [-0.2, 0) is 0 Å². The maximum Gasteiger partial charge on any atom is 0.0483 e. The van der Waals surface area contributed by atoms with Crippen molar-refractivity contribution < 1.29 is 0 Å². The maximum atomic E-state index is 5.83. The summed E-state index contributed by atoms with van der Waals surface area (Å²) in [5, 5.41) is 2.40. The zero-order valence-corrected chi connectivity index (χ0v) is 13.6. The zero-order chi connectivity index (χ0) is 15.5. The smallest absolute Gasteiger partial charge is 0.0483 e. The fourth-order valence-corrected chi connectivity index (χ4v) is 3.23. The summed E-state index contributed by atoms with van der Waals surface area (Å²) >= 11 is 0. The third-order valence-electron chi connectivity index (χ3n) is 3.87. The van der Waals surface area contributed by atoms with Crippen LogP contribution < -0.4 is 11.3 Å². The largest absolute Gasteiger partial charge is 0.271 e. The minimum absolute atomic E-state index is 0.140. The molecule has 2 unspecified atom stereocenters. The highest BCUT2D eigenvalue weighted by molar-refractivity contribution is 5.85. The van der Waals surface area contributed by atoms with E-state index in [4.69, 9.17) is 5.84 Å². The van der Waals surface area contributed by atoms with Crippen molar-refractivity contribution in [2.75, 3.05) is 0 Å². The molecule has 2 atom stereocenters. The number of rotatable bonds is 5. The maximum absolute atomic E-state index is 5.83. The fraction of sp³-hybridized carbons (Fsp3) is 0.500. The van der Waals surface area contributed by atoms with E-state index in [0.29, 0.717) is 11.3 Å². The van der Waals surface area contributed by atoms with Gasteiger partial charge < -0.3 is 0 Å². The van der Waals surface area contributed by atoms with Gasteiger partial charge >= 0.3 is 0 Å². The lowest BCUT2D eigenvalue weighted by atomic mass is 9.82. The summed E-state index contributed by atoms with van der Waals surface area (Å²) < 4.78 is 0. The summed E-state index contributed by atoms with van der Waals surface area (Å²) in [4.78, 5) is 4.37. The van der Waals surface area contributed by atoms with Crippen LogP contribution in [0.1, 0.15) is 52.1 Å². The van der Waals surface area contributed by atoms with Gasteiger partial charge in [-0.2, -0.15) is 0 Å². The monoisotopic (exact) mass is 285 g/mol. The Morgan fingerprint density at radius 3 is 2.57 bits per heavy atom. The van der Waals surface area contributed by atoms with E-state index in [9.17, 15) is 0 Å². The Balaban J connectivity index is 2.24. The van der Waals surface area contributed by atoms with Gasteiger partial charge in [-0.25, -0.2) is 0 Å². The van der Waals surface area contributed by atoms with E-state index in [0.717, 1.165) is 6.42 Å². The van der Waals surface area contributed by atoms with E-state index in [1.807, 2.05) is 18.5 Å². The van der Waals surface area contributed by atoms with Crippen LogP contribution in [-0.4, -0.2) is 4.98 Å². The molecule has 1 aromatic heterocycles. The lowest BCUT2D eigenvalue weighted by molar-refractivity contribution is 0.276. The lowest BCUT2D eigenvalue weighted by Gasteiger charge is -2.27. The molecule has 3 heteroatoms. The van der Waals surface area contributed by atoms with Gasteiger partial charge in [0.15, 0.2) is 0 Å². The van der Waals surface area contributed by atoms with E-state index in [1.54, 1.807) is 0 Å². The van der Waals surface area contributed by atoms with Crippen LogP contribution in [0.3, 0.4) is 0 Å². The van der Waals surface area contributed by atoms with Gasteiger partial charge in [-0.05, 0) is 35.1 Å². The van der Waals surface area contributed by atoms with Crippen molar-refractivity contribution >= 4 is 10.8 Å². The predicted molar refractivity (Wildman–Crippen MR) is 89.7 cm³/mol. The van der Waals surface area contributed by atoms with Crippen molar-refractivity contribution in [1.82, 2.24) is 10.4 Å². The van der Waals surface area contributed by atoms with E-state index in [-0.39, 0.29) is 6.04 Å². The number of nitrogens with one attached hydrogen (secondary N) is 1. The molecule has 0 fully saturated rings. The van der Waals surface area contributed by atoms with Gasteiger partial charge in [-0.1, -0.05) is 52.0 Å². The number of benzene rings is 1. The van der Waals surface area contributed by atoms with Gasteiger partial charge in [0.25, 0.3) is 0 Å². The van der Waals surface area contributed by atoms with E-state index < -0.39 is 0 Å². The van der Waals surface area contributed by atoms with Crippen molar-refractivity contribution in [1.29, 1.82) is 0 Å². The molecule has 2 aromatic rings. The Kier molecular flexibility index (Phi) is 4.96. The summed E-state index contributed by atoms with van der Waals surface area (Å²) in [6, 6.07) is 8.49. The van der Waals surface area contributed by atoms with Crippen LogP contribution in [0.4, 0.5) is 0 Å². The zero-order valence-electron chi connectivity index (χ0n) is 13.6. The van der Waals surface area contributed by atoms with E-state index in [2.05, 4.69) is 56.3 Å². The molecule has 1 heterocycles. The van der Waals surface area contributed by atoms with Crippen molar-refractivity contribution in [2.24, 2.45) is 17.2 Å². The van der Waals surface area contributed by atoms with E-state index >= 15 is 0 Å². The van der Waals surface area contributed by atoms with Crippen molar-refractivity contribution in [3.05, 3.63) is 42.2 Å². The standard InChI is InChI=1S/C18H27N3/c1-13(10-18(2,3)4)9-17(21-19)16-12-20-11-14-7-5-6-8-15(14)16/h5-8,11-13,17,21H,9-10,19H2,1-4H3. The van der Waals surface area contributed by atoms with Crippen LogP contribution >= 0.6 is 0 Å². The van der Waals surface area contributed by atoms with Crippen molar-refractivity contribution in [3.8, 4) is 0 Å². The van der Waals surface area contributed by atoms with E-state index in [1.165, 1.54) is 22.8 Å². The number of aromatic nitrogens is 1. The average molecular weight is 285 g/mol. The third-order valence-corrected chi connectivity index (χ3v) is 3.87. The predicted octanol–water partition coefficient (Wildman–Crippen LogP) is 4.20. The highest BCUT2D eigenvalue weighted by Gasteiger charge is 2.20. The molecule has 0 radical (unpaired) electrons. The molecule has 0 spiro atoms. The van der Waals surface area contributed by atoms with Crippen LogP contribution in [0.2, 0.25) is 0 Å². The molecule has 0 amide bonds. The molecule has 2 rings (SSSR count). The first-order valence-corrected chi connectivity index (χ1v) is 7.69. The molecule has 0 bridgehead atoms. The quantitative estimate of drug-likeness (QED) is 0.639. The molecule has 0 saturated heterocycles. The number of pyridine rings is 1. The number of hydrogen-bond acceptors (Lipinski definition) is 3. The summed E-state index contributed by atoms with van der Waals surface area (Å²) in [5.74, 6) is 6.43. The van der Waals surface area contributed by atoms with Crippen LogP contribution in [0.25, 0.3) is 10.8 Å². The number of hydrogen-bond donors (Lipinski definition) is 2. The second-order valence-corrected chi connectivity index (χ2v) is 7.27. The number of nitrogens with zero attached hydrogens (tertiary/aromatic N) is 1. The SMILES string of the molecule is CC(CC(NN)c1cncc2ccccc12)CC(C)(C)C. The molecule has 0 aliphatic rings. The Hall–Kier alpha value is -1.45. The minimum Gasteiger partial charge on any atom is -0.271 e. The third kappa shape index (κ3) is 4.26. The van der Waals surface area contributed by atoms with Gasteiger partial charge in [-0.3, -0.25) is 16.3 Å². The Bertz CT molecular complexity index is 581. The average Bonchev–Trinajstić information content (AvgIpc) is 2.42. The summed E-state index contributed by atoms with van der Waals surface area (Å²) in [7, 11) is 0. The van der Waals surface area contributed by atoms with Gasteiger partial charge in [-0.15, -0.1) is 0 Å². The number of hydrazine groups is 1. The molecule has 0 aliphatic carbocycles. The van der Waals surface area contributed by atoms with Crippen molar-refractivity contribution in [2.45, 2.75) is 46.6 Å². The molecule has 0 saturated carbocycles. The molecular weight excluding hydrogens is 258 g/mol. The molecule has 3 N–H and O–H groups in total. The first-order chi connectivity index (χ1) is 9.90. The number of fused-ring (bicyclic) bond motifs is 1.